The maximum Gasteiger partial charge on any atom is 0.227 e. The van der Waals surface area contributed by atoms with E-state index in [-0.39, 0.29) is 5.91 Å². The number of carbonyl (C=O) groups is 1. The van der Waals surface area contributed by atoms with Gasteiger partial charge in [0.1, 0.15) is 0 Å². The van der Waals surface area contributed by atoms with Gasteiger partial charge in [-0.15, -0.1) is 11.3 Å². The SMILES string of the molecule is O=C(CC1CSCCN1)Nc1nc2c(s1)CCCCC2. The van der Waals surface area contributed by atoms with Crippen molar-refractivity contribution in [2.24, 2.45) is 0 Å². The van der Waals surface area contributed by atoms with Crippen molar-refractivity contribution in [3.8, 4) is 0 Å². The minimum Gasteiger partial charge on any atom is -0.312 e. The second-order valence-corrected chi connectivity index (χ2v) is 7.66. The van der Waals surface area contributed by atoms with Crippen LogP contribution >= 0.6 is 23.1 Å². The molecule has 0 radical (unpaired) electrons. The summed E-state index contributed by atoms with van der Waals surface area (Å²) in [6, 6.07) is 0.312. The molecule has 110 valence electrons. The van der Waals surface area contributed by atoms with Crippen molar-refractivity contribution in [2.45, 2.75) is 44.6 Å². The molecule has 1 aromatic rings. The summed E-state index contributed by atoms with van der Waals surface area (Å²) in [5.74, 6) is 2.27. The van der Waals surface area contributed by atoms with Crippen LogP contribution in [0.3, 0.4) is 0 Å². The Morgan fingerprint density at radius 1 is 1.35 bits per heavy atom. The molecule has 2 N–H and O–H groups in total. The fourth-order valence-corrected chi connectivity index (χ4v) is 4.74. The lowest BCUT2D eigenvalue weighted by Gasteiger charge is -2.22. The number of amides is 1. The molecule has 3 rings (SSSR count). The largest absolute Gasteiger partial charge is 0.312 e. The van der Waals surface area contributed by atoms with E-state index in [0.29, 0.717) is 12.5 Å². The fourth-order valence-electron chi connectivity index (χ4n) is 2.73. The molecule has 1 fully saturated rings. The summed E-state index contributed by atoms with van der Waals surface area (Å²) < 4.78 is 0. The molecule has 0 bridgehead atoms. The molecule has 1 aliphatic carbocycles. The second kappa shape index (κ2) is 6.91. The molecule has 1 atom stereocenters. The van der Waals surface area contributed by atoms with E-state index < -0.39 is 0 Å². The molecule has 1 saturated heterocycles. The second-order valence-electron chi connectivity index (χ2n) is 5.43. The van der Waals surface area contributed by atoms with Gasteiger partial charge in [0.2, 0.25) is 5.91 Å². The first-order valence-corrected chi connectivity index (χ1v) is 9.38. The van der Waals surface area contributed by atoms with Gasteiger partial charge in [0.05, 0.1) is 5.69 Å². The van der Waals surface area contributed by atoms with Crippen LogP contribution in [-0.4, -0.2) is 35.0 Å². The molecule has 1 aliphatic heterocycles. The van der Waals surface area contributed by atoms with Gasteiger partial charge in [0.25, 0.3) is 0 Å². The van der Waals surface area contributed by atoms with Gasteiger partial charge in [0.15, 0.2) is 5.13 Å². The summed E-state index contributed by atoms with van der Waals surface area (Å²) in [5, 5.41) is 7.18. The standard InChI is InChI=1S/C14H21N3OS2/c18-13(8-10-9-19-7-6-15-10)17-14-16-11-4-2-1-3-5-12(11)20-14/h10,15H,1-9H2,(H,16,17,18). The van der Waals surface area contributed by atoms with Gasteiger partial charge in [-0.1, -0.05) is 6.42 Å². The summed E-state index contributed by atoms with van der Waals surface area (Å²) in [7, 11) is 0. The van der Waals surface area contributed by atoms with Gasteiger partial charge < -0.3 is 10.6 Å². The van der Waals surface area contributed by atoms with Gasteiger partial charge >= 0.3 is 0 Å². The monoisotopic (exact) mass is 311 g/mol. The highest BCUT2D eigenvalue weighted by atomic mass is 32.2. The highest BCUT2D eigenvalue weighted by Crippen LogP contribution is 2.29. The number of nitrogens with one attached hydrogen (secondary N) is 2. The Morgan fingerprint density at radius 3 is 3.10 bits per heavy atom. The Kier molecular flexibility index (Phi) is 4.96. The van der Waals surface area contributed by atoms with E-state index in [1.54, 1.807) is 11.3 Å². The van der Waals surface area contributed by atoms with Crippen LogP contribution in [0.25, 0.3) is 0 Å². The van der Waals surface area contributed by atoms with Crippen molar-refractivity contribution in [3.63, 3.8) is 0 Å². The molecular weight excluding hydrogens is 290 g/mol. The number of rotatable bonds is 3. The summed E-state index contributed by atoms with van der Waals surface area (Å²) >= 11 is 3.59. The molecule has 0 saturated carbocycles. The minimum atomic E-state index is 0.0916. The van der Waals surface area contributed by atoms with Crippen LogP contribution < -0.4 is 10.6 Å². The zero-order chi connectivity index (χ0) is 13.8. The number of nitrogens with zero attached hydrogens (tertiary/aromatic N) is 1. The lowest BCUT2D eigenvalue weighted by molar-refractivity contribution is -0.116. The maximum absolute atomic E-state index is 12.1. The normalized spacial score (nSPS) is 22.9. The average molecular weight is 311 g/mol. The summed E-state index contributed by atoms with van der Waals surface area (Å²) in [6.07, 6.45) is 6.54. The molecule has 6 heteroatoms. The Morgan fingerprint density at radius 2 is 2.25 bits per heavy atom. The first-order chi connectivity index (χ1) is 9.81. The number of fused-ring (bicyclic) bond motifs is 1. The van der Waals surface area contributed by atoms with E-state index in [1.165, 1.54) is 29.8 Å². The van der Waals surface area contributed by atoms with Gasteiger partial charge in [-0.25, -0.2) is 4.98 Å². The lowest BCUT2D eigenvalue weighted by Crippen LogP contribution is -2.39. The highest BCUT2D eigenvalue weighted by molar-refractivity contribution is 7.99. The molecule has 2 heterocycles. The summed E-state index contributed by atoms with van der Waals surface area (Å²) in [6.45, 7) is 1.01. The van der Waals surface area contributed by atoms with Crippen molar-refractivity contribution in [2.75, 3.05) is 23.4 Å². The maximum atomic E-state index is 12.1. The molecule has 20 heavy (non-hydrogen) atoms. The van der Waals surface area contributed by atoms with Gasteiger partial charge in [0, 0.05) is 35.4 Å². The predicted molar refractivity (Wildman–Crippen MR) is 85.7 cm³/mol. The molecule has 4 nitrogen and oxygen atoms in total. The van der Waals surface area contributed by atoms with E-state index in [9.17, 15) is 4.79 Å². The van der Waals surface area contributed by atoms with E-state index in [0.717, 1.165) is 36.0 Å². The van der Waals surface area contributed by atoms with Crippen molar-refractivity contribution < 1.29 is 4.79 Å². The van der Waals surface area contributed by atoms with Crippen LogP contribution in [0.4, 0.5) is 5.13 Å². The number of anilines is 1. The number of hydrogen-bond acceptors (Lipinski definition) is 5. The zero-order valence-electron chi connectivity index (χ0n) is 11.6. The van der Waals surface area contributed by atoms with Crippen molar-refractivity contribution >= 4 is 34.1 Å². The molecule has 1 amide bonds. The molecule has 0 aromatic carbocycles. The number of thioether (sulfide) groups is 1. The van der Waals surface area contributed by atoms with Crippen LogP contribution in [0.5, 0.6) is 0 Å². The van der Waals surface area contributed by atoms with Crippen molar-refractivity contribution in [1.82, 2.24) is 10.3 Å². The van der Waals surface area contributed by atoms with Crippen molar-refractivity contribution in [3.05, 3.63) is 10.6 Å². The third-order valence-electron chi connectivity index (χ3n) is 3.77. The average Bonchev–Trinajstić information content (AvgIpc) is 2.68. The van der Waals surface area contributed by atoms with Gasteiger partial charge in [-0.05, 0) is 25.7 Å². The molecular formula is C14H21N3OS2. The Balaban J connectivity index is 1.55. The molecule has 1 unspecified atom stereocenters. The van der Waals surface area contributed by atoms with E-state index >= 15 is 0 Å². The number of carbonyl (C=O) groups excluding carboxylic acids is 1. The number of aryl methyl sites for hydroxylation is 2. The lowest BCUT2D eigenvalue weighted by atomic mass is 10.2. The molecule has 0 spiro atoms. The quantitative estimate of drug-likeness (QED) is 0.842. The first-order valence-electron chi connectivity index (χ1n) is 7.41. The van der Waals surface area contributed by atoms with Gasteiger partial charge in [-0.2, -0.15) is 11.8 Å². The van der Waals surface area contributed by atoms with E-state index in [1.807, 2.05) is 11.8 Å². The first kappa shape index (κ1) is 14.4. The summed E-state index contributed by atoms with van der Waals surface area (Å²) in [4.78, 5) is 18.1. The smallest absolute Gasteiger partial charge is 0.227 e. The van der Waals surface area contributed by atoms with E-state index in [4.69, 9.17) is 0 Å². The van der Waals surface area contributed by atoms with Crippen LogP contribution in [0.15, 0.2) is 0 Å². The Bertz CT molecular complexity index is 445. The van der Waals surface area contributed by atoms with Crippen LogP contribution in [-0.2, 0) is 17.6 Å². The summed E-state index contributed by atoms with van der Waals surface area (Å²) in [5.41, 5.74) is 1.22. The molecule has 1 aromatic heterocycles. The highest BCUT2D eigenvalue weighted by Gasteiger charge is 2.19. The molecule has 2 aliphatic rings. The third-order valence-corrected chi connectivity index (χ3v) is 5.98. The fraction of sp³-hybridized carbons (Fsp3) is 0.714. The van der Waals surface area contributed by atoms with Crippen LogP contribution in [0, 0.1) is 0 Å². The minimum absolute atomic E-state index is 0.0916. The number of aromatic nitrogens is 1. The number of thiazole rings is 1. The Hall–Kier alpha value is -0.590. The number of hydrogen-bond donors (Lipinski definition) is 2. The van der Waals surface area contributed by atoms with Gasteiger partial charge in [-0.3, -0.25) is 4.79 Å². The van der Waals surface area contributed by atoms with Crippen LogP contribution in [0.1, 0.15) is 36.3 Å². The topological polar surface area (TPSA) is 54.0 Å². The van der Waals surface area contributed by atoms with E-state index in [2.05, 4.69) is 15.6 Å². The van der Waals surface area contributed by atoms with Crippen molar-refractivity contribution in [1.29, 1.82) is 0 Å². The van der Waals surface area contributed by atoms with Crippen LogP contribution in [0.2, 0.25) is 0 Å². The zero-order valence-corrected chi connectivity index (χ0v) is 13.2. The predicted octanol–water partition coefficient (Wildman–Crippen LogP) is 2.45. The Labute approximate surface area is 128 Å². The third kappa shape index (κ3) is 3.74.